The van der Waals surface area contributed by atoms with Crippen molar-refractivity contribution in [2.24, 2.45) is 0 Å². The van der Waals surface area contributed by atoms with Crippen LogP contribution in [0.5, 0.6) is 0 Å². The van der Waals surface area contributed by atoms with E-state index in [1.807, 2.05) is 6.92 Å². The molecule has 0 spiro atoms. The first-order valence-corrected chi connectivity index (χ1v) is 7.69. The summed E-state index contributed by atoms with van der Waals surface area (Å²) >= 11 is 0. The van der Waals surface area contributed by atoms with Gasteiger partial charge >= 0.3 is 12.0 Å². The van der Waals surface area contributed by atoms with Crippen molar-refractivity contribution in [2.75, 3.05) is 12.3 Å². The lowest BCUT2D eigenvalue weighted by atomic mass is 10.2. The molecule has 0 fully saturated rings. The summed E-state index contributed by atoms with van der Waals surface area (Å²) < 4.78 is 25.8. The Morgan fingerprint density at radius 1 is 1.33 bits per heavy atom. The van der Waals surface area contributed by atoms with Crippen molar-refractivity contribution >= 4 is 27.7 Å². The second-order valence-corrected chi connectivity index (χ2v) is 5.93. The summed E-state index contributed by atoms with van der Waals surface area (Å²) in [4.78, 5) is 22.0. The summed E-state index contributed by atoms with van der Waals surface area (Å²) in [5.74, 6) is -1.45. The van der Waals surface area contributed by atoms with Gasteiger partial charge in [0, 0.05) is 12.2 Å². The number of nitrogen functional groups attached to an aromatic ring is 1. The van der Waals surface area contributed by atoms with E-state index in [-0.39, 0.29) is 5.69 Å². The lowest BCUT2D eigenvalue weighted by molar-refractivity contribution is 0.0692. The summed E-state index contributed by atoms with van der Waals surface area (Å²) in [6.45, 7) is 2.25. The third-order valence-electron chi connectivity index (χ3n) is 2.57. The molecular weight excluding hydrogens is 298 g/mol. The number of benzene rings is 1. The Bertz CT molecular complexity index is 642. The van der Waals surface area contributed by atoms with Crippen LogP contribution in [0.25, 0.3) is 0 Å². The molecule has 2 amide bonds. The number of amides is 2. The number of hydrogen-bond acceptors (Lipinski definition) is 5. The third kappa shape index (κ3) is 4.63. The van der Waals surface area contributed by atoms with Crippen LogP contribution in [0.4, 0.5) is 10.5 Å². The van der Waals surface area contributed by atoms with Crippen LogP contribution >= 0.6 is 0 Å². The molecule has 0 saturated heterocycles. The fourth-order valence-corrected chi connectivity index (χ4v) is 2.65. The fraction of sp³-hybridized carbons (Fsp3) is 0.333. The smallest absolute Gasteiger partial charge is 0.337 e. The number of aromatic carboxylic acids is 1. The Balaban J connectivity index is 2.98. The Hall–Kier alpha value is -2.29. The number of carboxylic acid groups (broad SMARTS) is 1. The maximum absolute atomic E-state index is 12.0. The zero-order valence-corrected chi connectivity index (χ0v) is 12.2. The molecule has 1 aromatic rings. The number of anilines is 1. The molecular formula is C12H17N3O5S. The van der Waals surface area contributed by atoms with Crippen molar-refractivity contribution in [3.8, 4) is 0 Å². The first-order valence-electron chi connectivity index (χ1n) is 6.21. The molecule has 8 nitrogen and oxygen atoms in total. The summed E-state index contributed by atoms with van der Waals surface area (Å²) in [5, 5.41) is 11.4. The van der Waals surface area contributed by atoms with Gasteiger partial charge in [0.2, 0.25) is 0 Å². The predicted octanol–water partition coefficient (Wildman–Crippen LogP) is 0.755. The molecule has 0 aliphatic heterocycles. The SMILES string of the molecule is CCCCNC(=O)NS(=O)(=O)c1ccc(N)cc1C(=O)O. The highest BCUT2D eigenvalue weighted by Crippen LogP contribution is 2.18. The molecule has 0 atom stereocenters. The molecule has 1 rings (SSSR count). The Morgan fingerprint density at radius 3 is 2.57 bits per heavy atom. The van der Waals surface area contributed by atoms with Crippen LogP contribution in [-0.4, -0.2) is 32.1 Å². The molecule has 5 N–H and O–H groups in total. The number of carboxylic acids is 1. The van der Waals surface area contributed by atoms with Gasteiger partial charge in [-0.05, 0) is 24.6 Å². The standard InChI is InChI=1S/C12H17N3O5S/c1-2-3-6-14-12(18)15-21(19,20)10-5-4-8(13)7-9(10)11(16)17/h4-5,7H,2-3,6,13H2,1H3,(H,16,17)(H2,14,15,18). The number of carbonyl (C=O) groups excluding carboxylic acids is 1. The predicted molar refractivity (Wildman–Crippen MR) is 76.4 cm³/mol. The molecule has 0 heterocycles. The van der Waals surface area contributed by atoms with Gasteiger partial charge < -0.3 is 16.2 Å². The summed E-state index contributed by atoms with van der Waals surface area (Å²) in [7, 11) is -4.29. The highest BCUT2D eigenvalue weighted by molar-refractivity contribution is 7.90. The maximum Gasteiger partial charge on any atom is 0.337 e. The van der Waals surface area contributed by atoms with Gasteiger partial charge in [0.1, 0.15) is 4.90 Å². The Kier molecular flexibility index (Phi) is 5.53. The first kappa shape index (κ1) is 16.8. The van der Waals surface area contributed by atoms with E-state index >= 15 is 0 Å². The van der Waals surface area contributed by atoms with Crippen LogP contribution in [0.2, 0.25) is 0 Å². The average molecular weight is 315 g/mol. The van der Waals surface area contributed by atoms with Gasteiger partial charge in [-0.25, -0.2) is 22.7 Å². The summed E-state index contributed by atoms with van der Waals surface area (Å²) in [6.07, 6.45) is 1.55. The van der Waals surface area contributed by atoms with Gasteiger partial charge in [-0.1, -0.05) is 13.3 Å². The van der Waals surface area contributed by atoms with Gasteiger partial charge in [0.25, 0.3) is 10.0 Å². The van der Waals surface area contributed by atoms with E-state index in [1.54, 1.807) is 4.72 Å². The number of carbonyl (C=O) groups is 2. The molecule has 0 aromatic heterocycles. The normalized spacial score (nSPS) is 10.9. The Labute approximate surface area is 122 Å². The van der Waals surface area contributed by atoms with Crippen LogP contribution < -0.4 is 15.8 Å². The molecule has 0 radical (unpaired) electrons. The molecule has 0 unspecified atom stereocenters. The van der Waals surface area contributed by atoms with E-state index in [1.165, 1.54) is 6.07 Å². The summed E-state index contributed by atoms with van der Waals surface area (Å²) in [6, 6.07) is 2.40. The number of urea groups is 1. The van der Waals surface area contributed by atoms with Crippen LogP contribution in [0, 0.1) is 0 Å². The van der Waals surface area contributed by atoms with E-state index < -0.39 is 32.5 Å². The van der Waals surface area contributed by atoms with Crippen LogP contribution in [0.15, 0.2) is 23.1 Å². The quantitative estimate of drug-likeness (QED) is 0.451. The van der Waals surface area contributed by atoms with E-state index in [0.29, 0.717) is 13.0 Å². The van der Waals surface area contributed by atoms with Crippen LogP contribution in [0.3, 0.4) is 0 Å². The molecule has 0 aliphatic rings. The van der Waals surface area contributed by atoms with E-state index in [2.05, 4.69) is 5.32 Å². The van der Waals surface area contributed by atoms with Crippen molar-refractivity contribution in [1.29, 1.82) is 0 Å². The first-order chi connectivity index (χ1) is 9.77. The van der Waals surface area contributed by atoms with Crippen molar-refractivity contribution in [3.05, 3.63) is 23.8 Å². The number of sulfonamides is 1. The molecule has 0 saturated carbocycles. The molecule has 0 aliphatic carbocycles. The number of hydrogen-bond donors (Lipinski definition) is 4. The lowest BCUT2D eigenvalue weighted by Gasteiger charge is -2.10. The van der Waals surface area contributed by atoms with Crippen molar-refractivity contribution in [3.63, 3.8) is 0 Å². The number of nitrogens with one attached hydrogen (secondary N) is 2. The van der Waals surface area contributed by atoms with Gasteiger partial charge in [-0.3, -0.25) is 0 Å². The zero-order valence-electron chi connectivity index (χ0n) is 11.4. The number of nitrogens with two attached hydrogens (primary N) is 1. The maximum atomic E-state index is 12.0. The number of rotatable bonds is 6. The highest BCUT2D eigenvalue weighted by Gasteiger charge is 2.24. The molecule has 116 valence electrons. The zero-order chi connectivity index (χ0) is 16.0. The second-order valence-electron chi connectivity index (χ2n) is 4.28. The lowest BCUT2D eigenvalue weighted by Crippen LogP contribution is -2.40. The topological polar surface area (TPSA) is 139 Å². The van der Waals surface area contributed by atoms with Crippen molar-refractivity contribution in [1.82, 2.24) is 10.0 Å². The van der Waals surface area contributed by atoms with Crippen LogP contribution in [0.1, 0.15) is 30.1 Å². The number of unbranched alkanes of at least 4 members (excludes halogenated alkanes) is 1. The van der Waals surface area contributed by atoms with E-state index in [9.17, 15) is 18.0 Å². The molecule has 9 heteroatoms. The highest BCUT2D eigenvalue weighted by atomic mass is 32.2. The van der Waals surface area contributed by atoms with Gasteiger partial charge in [-0.2, -0.15) is 0 Å². The minimum atomic E-state index is -4.29. The minimum Gasteiger partial charge on any atom is -0.478 e. The van der Waals surface area contributed by atoms with Crippen molar-refractivity contribution in [2.45, 2.75) is 24.7 Å². The molecule has 0 bridgehead atoms. The fourth-order valence-electron chi connectivity index (χ4n) is 1.54. The minimum absolute atomic E-state index is 0.110. The second kappa shape index (κ2) is 6.93. The van der Waals surface area contributed by atoms with E-state index in [0.717, 1.165) is 18.6 Å². The van der Waals surface area contributed by atoms with Crippen LogP contribution in [-0.2, 0) is 10.0 Å². The van der Waals surface area contributed by atoms with Gasteiger partial charge in [0.15, 0.2) is 0 Å². The monoisotopic (exact) mass is 315 g/mol. The van der Waals surface area contributed by atoms with Crippen molar-refractivity contribution < 1.29 is 23.1 Å². The van der Waals surface area contributed by atoms with Gasteiger partial charge in [-0.15, -0.1) is 0 Å². The molecule has 21 heavy (non-hydrogen) atoms. The average Bonchev–Trinajstić information content (AvgIpc) is 2.37. The molecule has 1 aromatic carbocycles. The Morgan fingerprint density at radius 2 is 2.00 bits per heavy atom. The van der Waals surface area contributed by atoms with Gasteiger partial charge in [0.05, 0.1) is 5.56 Å². The van der Waals surface area contributed by atoms with E-state index in [4.69, 9.17) is 10.8 Å². The summed E-state index contributed by atoms with van der Waals surface area (Å²) in [5.41, 5.74) is 5.05. The third-order valence-corrected chi connectivity index (χ3v) is 3.96. The largest absolute Gasteiger partial charge is 0.478 e.